The van der Waals surface area contributed by atoms with Gasteiger partial charge in [-0.15, -0.1) is 0 Å². The molecule has 0 bridgehead atoms. The third-order valence-electron chi connectivity index (χ3n) is 3.34. The number of amides is 1. The highest BCUT2D eigenvalue weighted by Crippen LogP contribution is 2.24. The van der Waals surface area contributed by atoms with E-state index in [2.05, 4.69) is 15.5 Å². The summed E-state index contributed by atoms with van der Waals surface area (Å²) in [5.74, 6) is -0.471. The van der Waals surface area contributed by atoms with Gasteiger partial charge in [-0.3, -0.25) is 9.89 Å². The molecule has 0 aliphatic heterocycles. The molecule has 6 heteroatoms. The number of carbonyl (C=O) groups excluding carboxylic acids is 1. The number of rotatable bonds is 6. The molecule has 0 saturated carbocycles. The van der Waals surface area contributed by atoms with Gasteiger partial charge in [0.05, 0.1) is 30.1 Å². The molecule has 1 heterocycles. The Morgan fingerprint density at radius 3 is 2.77 bits per heavy atom. The van der Waals surface area contributed by atoms with Crippen molar-refractivity contribution in [3.63, 3.8) is 0 Å². The second-order valence-corrected chi connectivity index (χ2v) is 5.62. The third-order valence-corrected chi connectivity index (χ3v) is 3.34. The van der Waals surface area contributed by atoms with Gasteiger partial charge < -0.3 is 10.4 Å². The van der Waals surface area contributed by atoms with Gasteiger partial charge in [0.2, 0.25) is 0 Å². The van der Waals surface area contributed by atoms with Gasteiger partial charge in [-0.25, -0.2) is 4.39 Å². The van der Waals surface area contributed by atoms with E-state index in [1.165, 1.54) is 12.3 Å². The summed E-state index contributed by atoms with van der Waals surface area (Å²) in [5.41, 5.74) is 0.874. The van der Waals surface area contributed by atoms with E-state index in [0.717, 1.165) is 0 Å². The number of hydrogen-bond donors (Lipinski definition) is 3. The average molecular weight is 305 g/mol. The molecule has 0 aliphatic carbocycles. The Kier molecular flexibility index (Phi) is 5.27. The van der Waals surface area contributed by atoms with Crippen molar-refractivity contribution in [1.82, 2.24) is 15.5 Å². The number of aliphatic hydroxyl groups excluding tert-OH is 1. The normalized spacial score (nSPS) is 12.4. The Bertz CT molecular complexity index is 640. The van der Waals surface area contributed by atoms with Gasteiger partial charge in [0.15, 0.2) is 0 Å². The van der Waals surface area contributed by atoms with E-state index in [9.17, 15) is 14.3 Å². The van der Waals surface area contributed by atoms with Crippen molar-refractivity contribution in [3.8, 4) is 11.3 Å². The van der Waals surface area contributed by atoms with Gasteiger partial charge in [-0.1, -0.05) is 26.0 Å². The fourth-order valence-corrected chi connectivity index (χ4v) is 2.34. The quantitative estimate of drug-likeness (QED) is 0.766. The first-order valence-corrected chi connectivity index (χ1v) is 7.23. The lowest BCUT2D eigenvalue weighted by atomic mass is 10.0. The first-order valence-electron chi connectivity index (χ1n) is 7.23. The van der Waals surface area contributed by atoms with Crippen molar-refractivity contribution >= 4 is 5.91 Å². The highest BCUT2D eigenvalue weighted by Gasteiger charge is 2.20. The molecular weight excluding hydrogens is 285 g/mol. The fourth-order valence-electron chi connectivity index (χ4n) is 2.34. The zero-order valence-electron chi connectivity index (χ0n) is 12.6. The summed E-state index contributed by atoms with van der Waals surface area (Å²) in [6.07, 6.45) is 2.02. The molecular formula is C16H20FN3O2. The minimum atomic E-state index is -0.429. The Morgan fingerprint density at radius 1 is 1.41 bits per heavy atom. The molecule has 0 aliphatic rings. The van der Waals surface area contributed by atoms with Crippen LogP contribution in [0.25, 0.3) is 11.3 Å². The average Bonchev–Trinajstić information content (AvgIpc) is 2.95. The lowest BCUT2D eigenvalue weighted by Crippen LogP contribution is -2.38. The van der Waals surface area contributed by atoms with Crippen molar-refractivity contribution in [3.05, 3.63) is 41.8 Å². The fraction of sp³-hybridized carbons (Fsp3) is 0.375. The maximum atomic E-state index is 13.9. The minimum absolute atomic E-state index is 0.142. The number of aliphatic hydroxyl groups is 1. The summed E-state index contributed by atoms with van der Waals surface area (Å²) in [4.78, 5) is 12.4. The standard InChI is InChI=1S/C16H20FN3O2/c1-10(2)7-11(9-21)19-16(22)13-8-18-20-15(13)12-5-3-4-6-14(12)17/h3-6,8,10-11,21H,7,9H2,1-2H3,(H,18,20)(H,19,22). The van der Waals surface area contributed by atoms with Crippen LogP contribution in [0.15, 0.2) is 30.5 Å². The van der Waals surface area contributed by atoms with Gasteiger partial charge in [0.25, 0.3) is 5.91 Å². The molecule has 118 valence electrons. The molecule has 2 aromatic rings. The Labute approximate surface area is 128 Å². The summed E-state index contributed by atoms with van der Waals surface area (Å²) in [6, 6.07) is 5.84. The Morgan fingerprint density at radius 2 is 2.14 bits per heavy atom. The summed E-state index contributed by atoms with van der Waals surface area (Å²) >= 11 is 0. The smallest absolute Gasteiger partial charge is 0.255 e. The molecule has 0 spiro atoms. The number of carbonyl (C=O) groups is 1. The SMILES string of the molecule is CC(C)CC(CO)NC(=O)c1cn[nH]c1-c1ccccc1F. The van der Waals surface area contributed by atoms with E-state index in [1.54, 1.807) is 18.2 Å². The predicted octanol–water partition coefficient (Wildman–Crippen LogP) is 2.35. The summed E-state index contributed by atoms with van der Waals surface area (Å²) in [7, 11) is 0. The number of hydrogen-bond acceptors (Lipinski definition) is 3. The number of nitrogens with zero attached hydrogens (tertiary/aromatic N) is 1. The molecule has 1 aromatic heterocycles. The number of aromatic amines is 1. The molecule has 5 nitrogen and oxygen atoms in total. The van der Waals surface area contributed by atoms with Gasteiger partial charge in [-0.2, -0.15) is 5.10 Å². The van der Waals surface area contributed by atoms with Crippen molar-refractivity contribution in [1.29, 1.82) is 0 Å². The van der Waals surface area contributed by atoms with Gasteiger partial charge in [0, 0.05) is 5.56 Å². The zero-order valence-corrected chi connectivity index (χ0v) is 12.6. The van der Waals surface area contributed by atoms with E-state index in [4.69, 9.17) is 0 Å². The molecule has 1 unspecified atom stereocenters. The van der Waals surface area contributed by atoms with E-state index >= 15 is 0 Å². The van der Waals surface area contributed by atoms with Crippen LogP contribution in [0, 0.1) is 11.7 Å². The van der Waals surface area contributed by atoms with Crippen LogP contribution in [0.3, 0.4) is 0 Å². The molecule has 0 radical (unpaired) electrons. The van der Waals surface area contributed by atoms with Gasteiger partial charge in [-0.05, 0) is 24.5 Å². The molecule has 2 rings (SSSR count). The second kappa shape index (κ2) is 7.17. The third kappa shape index (κ3) is 3.71. The molecule has 1 atom stereocenters. The van der Waals surface area contributed by atoms with E-state index in [-0.39, 0.29) is 29.7 Å². The van der Waals surface area contributed by atoms with Crippen molar-refractivity contribution < 1.29 is 14.3 Å². The molecule has 1 aromatic carbocycles. The summed E-state index contributed by atoms with van der Waals surface area (Å²) in [5, 5.41) is 18.6. The van der Waals surface area contributed by atoms with Crippen LogP contribution in [0.5, 0.6) is 0 Å². The van der Waals surface area contributed by atoms with Gasteiger partial charge >= 0.3 is 0 Å². The molecule has 3 N–H and O–H groups in total. The van der Waals surface area contributed by atoms with Crippen LogP contribution in [0.2, 0.25) is 0 Å². The largest absolute Gasteiger partial charge is 0.394 e. The van der Waals surface area contributed by atoms with Crippen LogP contribution in [-0.2, 0) is 0 Å². The van der Waals surface area contributed by atoms with E-state index < -0.39 is 5.82 Å². The topological polar surface area (TPSA) is 78.0 Å². The van der Waals surface area contributed by atoms with Crippen molar-refractivity contribution in [2.24, 2.45) is 5.92 Å². The first-order chi connectivity index (χ1) is 10.5. The minimum Gasteiger partial charge on any atom is -0.394 e. The monoisotopic (exact) mass is 305 g/mol. The maximum Gasteiger partial charge on any atom is 0.255 e. The summed E-state index contributed by atoms with van der Waals surface area (Å²) < 4.78 is 13.9. The molecule has 22 heavy (non-hydrogen) atoms. The maximum absolute atomic E-state index is 13.9. The number of halogens is 1. The van der Waals surface area contributed by atoms with Crippen LogP contribution >= 0.6 is 0 Å². The lowest BCUT2D eigenvalue weighted by Gasteiger charge is -2.18. The van der Waals surface area contributed by atoms with Gasteiger partial charge in [0.1, 0.15) is 5.82 Å². The molecule has 1 amide bonds. The number of benzene rings is 1. The molecule has 0 saturated heterocycles. The zero-order chi connectivity index (χ0) is 16.1. The van der Waals surface area contributed by atoms with Crippen LogP contribution in [0.4, 0.5) is 4.39 Å². The highest BCUT2D eigenvalue weighted by molar-refractivity contribution is 5.99. The Hall–Kier alpha value is -2.21. The Balaban J connectivity index is 2.22. The van der Waals surface area contributed by atoms with Crippen molar-refractivity contribution in [2.75, 3.05) is 6.61 Å². The number of nitrogens with one attached hydrogen (secondary N) is 2. The first kappa shape index (κ1) is 16.2. The molecule has 0 fully saturated rings. The number of aromatic nitrogens is 2. The summed E-state index contributed by atoms with van der Waals surface area (Å²) in [6.45, 7) is 3.88. The van der Waals surface area contributed by atoms with E-state index in [0.29, 0.717) is 18.0 Å². The highest BCUT2D eigenvalue weighted by atomic mass is 19.1. The van der Waals surface area contributed by atoms with Crippen LogP contribution in [-0.4, -0.2) is 33.9 Å². The van der Waals surface area contributed by atoms with Crippen LogP contribution < -0.4 is 5.32 Å². The van der Waals surface area contributed by atoms with E-state index in [1.807, 2.05) is 13.8 Å². The lowest BCUT2D eigenvalue weighted by molar-refractivity contribution is 0.0909. The second-order valence-electron chi connectivity index (χ2n) is 5.62. The number of H-pyrrole nitrogens is 1. The predicted molar refractivity (Wildman–Crippen MR) is 81.8 cm³/mol. The van der Waals surface area contributed by atoms with Crippen LogP contribution in [0.1, 0.15) is 30.6 Å². The van der Waals surface area contributed by atoms with Crippen molar-refractivity contribution in [2.45, 2.75) is 26.3 Å².